The first-order valence-electron chi connectivity index (χ1n) is 6.60. The lowest BCUT2D eigenvalue weighted by atomic mass is 10.2. The van der Waals surface area contributed by atoms with Gasteiger partial charge in [0.1, 0.15) is 0 Å². The summed E-state index contributed by atoms with van der Waals surface area (Å²) in [5, 5.41) is 11.5. The van der Waals surface area contributed by atoms with E-state index in [1.165, 1.54) is 38.9 Å². The number of hydrazine groups is 1. The van der Waals surface area contributed by atoms with Crippen LogP contribution in [-0.4, -0.2) is 60.4 Å². The third-order valence-corrected chi connectivity index (χ3v) is 4.61. The quantitative estimate of drug-likeness (QED) is 0.701. The van der Waals surface area contributed by atoms with E-state index in [0.29, 0.717) is 12.5 Å². The molecule has 4 heteroatoms. The fourth-order valence-corrected chi connectivity index (χ4v) is 3.59. The number of aliphatic hydroxyl groups is 1. The van der Waals surface area contributed by atoms with Crippen LogP contribution in [0.4, 0.5) is 0 Å². The molecule has 0 radical (unpaired) electrons. The highest BCUT2D eigenvalue weighted by molar-refractivity contribution is 4.96. The molecule has 92 valence electrons. The molecule has 2 heterocycles. The first-order chi connectivity index (χ1) is 7.81. The van der Waals surface area contributed by atoms with Crippen molar-refractivity contribution in [1.82, 2.24) is 15.3 Å². The van der Waals surface area contributed by atoms with Crippen molar-refractivity contribution in [3.63, 3.8) is 0 Å². The van der Waals surface area contributed by atoms with E-state index >= 15 is 0 Å². The second-order valence-corrected chi connectivity index (χ2v) is 5.67. The Labute approximate surface area is 97.6 Å². The number of aliphatic hydroxyl groups excluding tert-OH is 1. The standard InChI is InChI=1S/C12H23N3O/c1-13-15-11-2-3-12(15)7-14(6-11)5-9-4-10(9)8-16/h9-13,16H,2-8H2,1H3. The molecular formula is C12H23N3O. The Morgan fingerprint density at radius 3 is 2.38 bits per heavy atom. The summed E-state index contributed by atoms with van der Waals surface area (Å²) in [5.41, 5.74) is 3.34. The maximum absolute atomic E-state index is 9.07. The zero-order valence-corrected chi connectivity index (χ0v) is 10.1. The van der Waals surface area contributed by atoms with Crippen molar-refractivity contribution in [3.05, 3.63) is 0 Å². The Bertz CT molecular complexity index is 247. The molecule has 1 aliphatic carbocycles. The average Bonchev–Trinajstić information content (AvgIpc) is 2.99. The summed E-state index contributed by atoms with van der Waals surface area (Å²) >= 11 is 0. The maximum Gasteiger partial charge on any atom is 0.0462 e. The van der Waals surface area contributed by atoms with Crippen molar-refractivity contribution in [1.29, 1.82) is 0 Å². The molecule has 2 aliphatic heterocycles. The van der Waals surface area contributed by atoms with E-state index in [4.69, 9.17) is 5.11 Å². The first kappa shape index (κ1) is 11.0. The number of fused-ring (bicyclic) bond motifs is 2. The van der Waals surface area contributed by atoms with Crippen LogP contribution in [-0.2, 0) is 0 Å². The normalized spacial score (nSPS) is 43.9. The SMILES string of the molecule is CNN1C2CCC1CN(CC1CC1CO)C2. The molecule has 16 heavy (non-hydrogen) atoms. The second-order valence-electron chi connectivity index (χ2n) is 5.67. The van der Waals surface area contributed by atoms with Crippen LogP contribution in [0, 0.1) is 11.8 Å². The third kappa shape index (κ3) is 1.88. The van der Waals surface area contributed by atoms with Crippen molar-refractivity contribution in [3.8, 4) is 0 Å². The average molecular weight is 225 g/mol. The summed E-state index contributed by atoms with van der Waals surface area (Å²) in [4.78, 5) is 2.62. The monoisotopic (exact) mass is 225 g/mol. The molecule has 0 amide bonds. The van der Waals surface area contributed by atoms with E-state index in [2.05, 4.69) is 15.3 Å². The smallest absolute Gasteiger partial charge is 0.0462 e. The molecule has 0 aromatic heterocycles. The number of hydrogen-bond donors (Lipinski definition) is 2. The Kier molecular flexibility index (Phi) is 2.92. The van der Waals surface area contributed by atoms with Gasteiger partial charge in [0.2, 0.25) is 0 Å². The minimum atomic E-state index is 0.397. The van der Waals surface area contributed by atoms with Crippen molar-refractivity contribution < 1.29 is 5.11 Å². The minimum absolute atomic E-state index is 0.397. The number of rotatable bonds is 4. The molecule has 2 N–H and O–H groups in total. The van der Waals surface area contributed by atoms with Crippen LogP contribution >= 0.6 is 0 Å². The van der Waals surface area contributed by atoms with E-state index in [-0.39, 0.29) is 0 Å². The van der Waals surface area contributed by atoms with Gasteiger partial charge in [-0.05, 0) is 38.1 Å². The predicted molar refractivity (Wildman–Crippen MR) is 62.8 cm³/mol. The van der Waals surface area contributed by atoms with Crippen LogP contribution in [0.2, 0.25) is 0 Å². The van der Waals surface area contributed by atoms with Crippen LogP contribution < -0.4 is 5.43 Å². The minimum Gasteiger partial charge on any atom is -0.396 e. The van der Waals surface area contributed by atoms with Crippen LogP contribution in [0.1, 0.15) is 19.3 Å². The first-order valence-corrected chi connectivity index (χ1v) is 6.60. The molecule has 3 rings (SSSR count). The molecular weight excluding hydrogens is 202 g/mol. The molecule has 4 nitrogen and oxygen atoms in total. The topological polar surface area (TPSA) is 38.7 Å². The fourth-order valence-electron chi connectivity index (χ4n) is 3.59. The summed E-state index contributed by atoms with van der Waals surface area (Å²) < 4.78 is 0. The van der Waals surface area contributed by atoms with E-state index in [1.807, 2.05) is 7.05 Å². The third-order valence-electron chi connectivity index (χ3n) is 4.61. The fraction of sp³-hybridized carbons (Fsp3) is 1.00. The van der Waals surface area contributed by atoms with Crippen molar-refractivity contribution in [2.75, 3.05) is 33.3 Å². The summed E-state index contributed by atoms with van der Waals surface area (Å²) in [7, 11) is 2.05. The van der Waals surface area contributed by atoms with E-state index < -0.39 is 0 Å². The highest BCUT2D eigenvalue weighted by Gasteiger charge is 2.43. The molecule has 0 spiro atoms. The Morgan fingerprint density at radius 1 is 1.19 bits per heavy atom. The van der Waals surface area contributed by atoms with Gasteiger partial charge in [-0.3, -0.25) is 10.3 Å². The predicted octanol–water partition coefficient (Wildman–Crippen LogP) is -0.102. The summed E-state index contributed by atoms with van der Waals surface area (Å²) in [6.45, 7) is 4.04. The second kappa shape index (κ2) is 4.26. The number of piperazine rings is 1. The van der Waals surface area contributed by atoms with Gasteiger partial charge in [-0.2, -0.15) is 0 Å². The molecule has 2 bridgehead atoms. The summed E-state index contributed by atoms with van der Waals surface area (Å²) in [6.07, 6.45) is 3.93. The number of hydrogen-bond acceptors (Lipinski definition) is 4. The van der Waals surface area contributed by atoms with Gasteiger partial charge in [-0.15, -0.1) is 0 Å². The number of likely N-dealkylation sites (tertiary alicyclic amines) is 1. The van der Waals surface area contributed by atoms with E-state index in [0.717, 1.165) is 18.0 Å². The Hall–Kier alpha value is -0.160. The molecule has 0 aromatic carbocycles. The molecule has 2 saturated heterocycles. The van der Waals surface area contributed by atoms with Crippen LogP contribution in [0.15, 0.2) is 0 Å². The lowest BCUT2D eigenvalue weighted by Crippen LogP contribution is -2.58. The lowest BCUT2D eigenvalue weighted by molar-refractivity contribution is 0.0306. The molecule has 4 atom stereocenters. The zero-order chi connectivity index (χ0) is 11.1. The largest absolute Gasteiger partial charge is 0.396 e. The van der Waals surface area contributed by atoms with E-state index in [1.54, 1.807) is 0 Å². The molecule has 1 saturated carbocycles. The maximum atomic E-state index is 9.07. The number of nitrogens with one attached hydrogen (secondary N) is 1. The van der Waals surface area contributed by atoms with Gasteiger partial charge < -0.3 is 5.11 Å². The molecule has 0 aromatic rings. The molecule has 4 unspecified atom stereocenters. The van der Waals surface area contributed by atoms with Gasteiger partial charge in [0, 0.05) is 38.3 Å². The van der Waals surface area contributed by atoms with Crippen molar-refractivity contribution in [2.45, 2.75) is 31.3 Å². The Morgan fingerprint density at radius 2 is 1.88 bits per heavy atom. The van der Waals surface area contributed by atoms with Crippen molar-refractivity contribution in [2.24, 2.45) is 11.8 Å². The Balaban J connectivity index is 1.53. The van der Waals surface area contributed by atoms with Gasteiger partial charge >= 0.3 is 0 Å². The molecule has 3 aliphatic rings. The summed E-state index contributed by atoms with van der Waals surface area (Å²) in [6, 6.07) is 1.44. The highest BCUT2D eigenvalue weighted by Crippen LogP contribution is 2.39. The van der Waals surface area contributed by atoms with Gasteiger partial charge in [0.15, 0.2) is 0 Å². The van der Waals surface area contributed by atoms with Crippen molar-refractivity contribution >= 4 is 0 Å². The van der Waals surface area contributed by atoms with Gasteiger partial charge in [0.05, 0.1) is 0 Å². The highest BCUT2D eigenvalue weighted by atomic mass is 16.3. The van der Waals surface area contributed by atoms with Gasteiger partial charge in [-0.25, -0.2) is 5.01 Å². The van der Waals surface area contributed by atoms with Crippen LogP contribution in [0.5, 0.6) is 0 Å². The van der Waals surface area contributed by atoms with E-state index in [9.17, 15) is 0 Å². The van der Waals surface area contributed by atoms with Crippen LogP contribution in [0.25, 0.3) is 0 Å². The molecule has 3 fully saturated rings. The lowest BCUT2D eigenvalue weighted by Gasteiger charge is -2.40. The summed E-state index contributed by atoms with van der Waals surface area (Å²) in [5.74, 6) is 1.39. The van der Waals surface area contributed by atoms with Gasteiger partial charge in [-0.1, -0.05) is 0 Å². The van der Waals surface area contributed by atoms with Gasteiger partial charge in [0.25, 0.3) is 0 Å². The van der Waals surface area contributed by atoms with Crippen LogP contribution in [0.3, 0.4) is 0 Å². The number of nitrogens with zero attached hydrogens (tertiary/aromatic N) is 2. The zero-order valence-electron chi connectivity index (χ0n) is 10.1.